The number of hydrogen-bond donors (Lipinski definition) is 0. The molecule has 704 valence electrons. The average molecular weight is 1810 g/mol. The highest BCUT2D eigenvalue weighted by Gasteiger charge is 2.21. The van der Waals surface area contributed by atoms with Crippen molar-refractivity contribution in [2.45, 2.75) is 204 Å². The van der Waals surface area contributed by atoms with Gasteiger partial charge in [0, 0.05) is 73.0 Å². The maximum atomic E-state index is 12.3. The lowest BCUT2D eigenvalue weighted by molar-refractivity contribution is 0.450. The van der Waals surface area contributed by atoms with Crippen LogP contribution in [0.5, 0.6) is 0 Å². The normalized spacial score (nSPS) is 10.2. The summed E-state index contributed by atoms with van der Waals surface area (Å²) in [5.41, 5.74) is -11.0. The third kappa shape index (κ3) is 29.5. The summed E-state index contributed by atoms with van der Waals surface area (Å²) in [6, 6.07) is 0. The zero-order chi connectivity index (χ0) is 99.3. The Balaban J connectivity index is 0.000000760. The molecule has 0 unspecified atom stereocenters. The van der Waals surface area contributed by atoms with Gasteiger partial charge in [0.15, 0.2) is 0 Å². The van der Waals surface area contributed by atoms with E-state index in [4.69, 9.17) is 0 Å². The van der Waals surface area contributed by atoms with E-state index >= 15 is 0 Å². The van der Waals surface area contributed by atoms with Crippen LogP contribution in [0.4, 0.5) is 0 Å². The van der Waals surface area contributed by atoms with E-state index in [1.54, 1.807) is 77.2 Å². The van der Waals surface area contributed by atoms with Crippen molar-refractivity contribution in [2.75, 3.05) is 0 Å². The summed E-state index contributed by atoms with van der Waals surface area (Å²) in [5, 5.41) is 0. The summed E-state index contributed by atoms with van der Waals surface area (Å²) in [6.45, 7) is 71.5. The van der Waals surface area contributed by atoms with E-state index in [0.29, 0.717) is 61.7 Å². The maximum Gasteiger partial charge on any atom is 0.336 e. The summed E-state index contributed by atoms with van der Waals surface area (Å²) >= 11 is 0. The molecule has 0 aliphatic rings. The van der Waals surface area contributed by atoms with Crippen LogP contribution in [0, 0.1) is 0 Å². The van der Waals surface area contributed by atoms with Crippen molar-refractivity contribution in [3.8, 4) is 0 Å². The fraction of sp³-hybridized carbons (Fsp3) is 0.375. The van der Waals surface area contributed by atoms with E-state index in [9.17, 15) is 101 Å². The lowest BCUT2D eigenvalue weighted by atomic mass is 10.3. The molecular weight excluding hydrogens is 1690 g/mol. The fourth-order valence-electron chi connectivity index (χ4n) is 11.6. The first kappa shape index (κ1) is 112. The largest absolute Gasteiger partial charge is 0.336 e. The molecule has 0 amide bonds. The molecule has 7 aromatic rings. The van der Waals surface area contributed by atoms with Gasteiger partial charge in [-0.2, -0.15) is 0 Å². The first-order valence-electron chi connectivity index (χ1n) is 40.5. The first-order chi connectivity index (χ1) is 61.5. The predicted molar refractivity (Wildman–Crippen MR) is 507 cm³/mol. The first-order valence-corrected chi connectivity index (χ1v) is 40.5. The molecule has 42 heteroatoms. The Kier molecular flexibility index (Phi) is 48.8. The molecule has 130 heavy (non-hydrogen) atoms. The van der Waals surface area contributed by atoms with Crippen molar-refractivity contribution in [1.29, 1.82) is 0 Å². The quantitative estimate of drug-likeness (QED) is 0.0466. The molecule has 7 rings (SSSR count). The molecule has 0 radical (unpaired) electrons. The molecule has 0 aliphatic carbocycles. The average Bonchev–Trinajstić information content (AvgIpc) is 0.810. The smallest absolute Gasteiger partial charge is 0.248 e. The minimum Gasteiger partial charge on any atom is -0.248 e. The molecule has 7 heterocycles. The van der Waals surface area contributed by atoms with E-state index in [-0.39, 0.29) is 124 Å². The van der Waals surface area contributed by atoms with Gasteiger partial charge in [-0.1, -0.05) is 122 Å². The van der Waals surface area contributed by atoms with E-state index in [2.05, 4.69) is 112 Å². The van der Waals surface area contributed by atoms with E-state index in [1.807, 2.05) is 0 Å². The molecule has 7 aromatic heterocycles. The van der Waals surface area contributed by atoms with Gasteiger partial charge in [0.2, 0.25) is 0 Å². The predicted octanol–water partition coefficient (Wildman–Crippen LogP) is 0.379. The molecule has 0 fully saturated rings. The third-order valence-electron chi connectivity index (χ3n) is 17.9. The number of allylic oxidation sites excluding steroid dienone is 17. The summed E-state index contributed by atoms with van der Waals surface area (Å²) in [5.74, 6) is 0. The Bertz CT molecular complexity index is 6260. The Morgan fingerprint density at radius 3 is 0.438 bits per heavy atom. The third-order valence-corrected chi connectivity index (χ3v) is 17.9. The molecule has 0 aromatic carbocycles. The highest BCUT2D eigenvalue weighted by atomic mass is 16.2. The zero-order valence-electron chi connectivity index (χ0n) is 75.5. The van der Waals surface area contributed by atoms with Crippen LogP contribution < -0.4 is 119 Å². The molecule has 0 atom stereocenters. The molecule has 0 saturated carbocycles. The topological polar surface area (TPSA) is 462 Å². The molecule has 42 nitrogen and oxygen atoms in total. The van der Waals surface area contributed by atoms with Crippen molar-refractivity contribution in [3.63, 3.8) is 0 Å². The summed E-state index contributed by atoms with van der Waals surface area (Å²) in [4.78, 5) is 252. The van der Waals surface area contributed by atoms with Gasteiger partial charge in [-0.05, 0) is 79.6 Å². The monoisotopic (exact) mass is 1810 g/mol. The highest BCUT2D eigenvalue weighted by Crippen LogP contribution is 1.96. The van der Waals surface area contributed by atoms with Gasteiger partial charge in [0.1, 0.15) is 0 Å². The number of hydrogen-bond acceptors (Lipinski definition) is 21. The fourth-order valence-corrected chi connectivity index (χ4v) is 11.6. The molecule has 0 spiro atoms. The highest BCUT2D eigenvalue weighted by molar-refractivity contribution is 4.99. The summed E-state index contributed by atoms with van der Waals surface area (Å²) in [7, 11) is 2.68. The van der Waals surface area contributed by atoms with Crippen molar-refractivity contribution in [1.82, 2.24) is 95.9 Å². The van der Waals surface area contributed by atoms with Gasteiger partial charge < -0.3 is 0 Å². The van der Waals surface area contributed by atoms with Gasteiger partial charge in [-0.25, -0.2) is 197 Å². The molecule has 0 bridgehead atoms. The van der Waals surface area contributed by atoms with Gasteiger partial charge in [0.25, 0.3) is 0 Å². The van der Waals surface area contributed by atoms with Crippen LogP contribution in [0.1, 0.15) is 79.6 Å². The van der Waals surface area contributed by atoms with Crippen LogP contribution in [0.15, 0.2) is 314 Å². The second kappa shape index (κ2) is 56.4. The molecule has 0 N–H and O–H groups in total. The van der Waals surface area contributed by atoms with Crippen molar-refractivity contribution >= 4 is 0 Å². The van der Waals surface area contributed by atoms with Crippen LogP contribution >= 0.6 is 0 Å². The van der Waals surface area contributed by atoms with Crippen molar-refractivity contribution in [2.24, 2.45) is 14.1 Å². The number of aromatic nitrogens is 21. The lowest BCUT2D eigenvalue weighted by Crippen LogP contribution is -2.54. The summed E-state index contributed by atoms with van der Waals surface area (Å²) in [6.07, 6.45) is 24.8. The number of rotatable bonds is 43. The maximum absolute atomic E-state index is 12.3. The van der Waals surface area contributed by atoms with E-state index in [0.717, 1.165) is 95.9 Å². The Hall–Kier alpha value is -15.6. The Labute approximate surface area is 744 Å². The zero-order valence-corrected chi connectivity index (χ0v) is 75.5. The molecule has 0 aliphatic heterocycles. The number of nitrogens with zero attached hydrogens (tertiary/aromatic N) is 21. The van der Waals surface area contributed by atoms with Gasteiger partial charge >= 0.3 is 119 Å². The van der Waals surface area contributed by atoms with Gasteiger partial charge in [-0.15, -0.1) is 92.1 Å². The standard InChI is InChI=1S/2C15H21N3O3.C13H19N3O3.C12H17N3O3.C12H15N3O3.C11H15N3O3.C10H13N3O3/c1-10(2)7-16-13(19)17(8-11(3)4)15(21)18(14(16)20)9-12(5)6;1-4-7-10-16-13(19)17(11-8-5-2)15(21)18(14(16)20)12-9-6-3;1-4-7-9-15-11(17)14(6-3)12(18)16(13(15)19)10-8-5-2;1-4-6-8-14-10(16)13(3)11(17)15(12(14)18)9-7-5-2;1-4-7-13-10(16)14(8-5-2)12(18)15(9-6-3)11(13)17;1-4-7-13-9(15)12(6-3)10(16)14(8-5-2)11(13)17;1-4-6-12-8(14)11(3)9(15)13(7-5-2)10(12)16/h1,3,5,7-9H2,2,4,6H3;4-6H,1-3,7-12H2;4-5H,1-2,6-10H2,3H3;4-5H,1-2,6-9H2,3H3;4-6H,1-3,7-9H2;4-5H,1-2,6-8H2,3H3;4-5H,1-2,6-7H2,3H3. The molecular formula is C88H121N21O21. The van der Waals surface area contributed by atoms with Gasteiger partial charge in [0.05, 0.1) is 65.4 Å². The van der Waals surface area contributed by atoms with Crippen LogP contribution in [0.3, 0.4) is 0 Å². The lowest BCUT2D eigenvalue weighted by Gasteiger charge is -2.14. The Morgan fingerprint density at radius 2 is 0.300 bits per heavy atom. The van der Waals surface area contributed by atoms with Crippen LogP contribution in [0.25, 0.3) is 0 Å². The van der Waals surface area contributed by atoms with Crippen LogP contribution in [-0.2, 0) is 138 Å². The second-order valence-corrected chi connectivity index (χ2v) is 28.1. The van der Waals surface area contributed by atoms with Gasteiger partial charge in [-0.3, -0.25) is 0 Å². The van der Waals surface area contributed by atoms with Crippen molar-refractivity contribution < 1.29 is 0 Å². The summed E-state index contributed by atoms with van der Waals surface area (Å²) < 4.78 is 21.1. The Morgan fingerprint density at radius 1 is 0.185 bits per heavy atom. The van der Waals surface area contributed by atoms with Crippen molar-refractivity contribution in [3.05, 3.63) is 434 Å². The second-order valence-electron chi connectivity index (χ2n) is 28.1. The molecule has 0 saturated heterocycles. The van der Waals surface area contributed by atoms with E-state index < -0.39 is 119 Å². The van der Waals surface area contributed by atoms with Crippen LogP contribution in [0.2, 0.25) is 0 Å². The van der Waals surface area contributed by atoms with Crippen LogP contribution in [-0.4, -0.2) is 95.9 Å². The minimum absolute atomic E-state index is 0.0478. The van der Waals surface area contributed by atoms with E-state index in [1.165, 1.54) is 56.6 Å². The SMILES string of the molecule is C=C(C)Cn1c(=O)n(CC(=C)C)c(=O)n(CC(=C)C)c1=O.C=CCCn1c(=O)n(C)c(=O)n(CCC=C)c1=O.C=CCCn1c(=O)n(CC)c(=O)n(CCC=C)c1=O.C=CCCn1c(=O)n(CCC=C)c(=O)n(CCC=C)c1=O.C=CCn1c(=O)n(C)c(=O)n(CC=C)c1=O.C=CCn1c(=O)n(CC)c(=O)n(CC=C)c1=O.C=CCn1c(=O)n(CC=C)c(=O)n(CC=C)c1=O. The minimum atomic E-state index is -0.662.